The zero-order valence-electron chi connectivity index (χ0n) is 12.6. The number of pyridine rings is 1. The van der Waals surface area contributed by atoms with Gasteiger partial charge in [-0.25, -0.2) is 0 Å². The number of rotatable bonds is 6. The number of nitrogens with two attached hydrogens (primary N) is 1. The highest BCUT2D eigenvalue weighted by Crippen LogP contribution is 2.36. The molecule has 2 heterocycles. The minimum absolute atomic E-state index is 0.463. The van der Waals surface area contributed by atoms with Gasteiger partial charge in [-0.2, -0.15) is 5.10 Å². The molecule has 0 unspecified atom stereocenters. The van der Waals surface area contributed by atoms with Crippen molar-refractivity contribution in [1.29, 1.82) is 0 Å². The number of hydrogen-bond acceptors (Lipinski definition) is 3. The number of nitrogen functional groups attached to an aromatic ring is 1. The first kappa shape index (κ1) is 14.6. The van der Waals surface area contributed by atoms with Gasteiger partial charge in [0, 0.05) is 19.2 Å². The van der Waals surface area contributed by atoms with E-state index < -0.39 is 0 Å². The lowest BCUT2D eigenvalue weighted by molar-refractivity contribution is 0.540. The smallest absolute Gasteiger partial charge is 0.131 e. The maximum absolute atomic E-state index is 6.23. The molecule has 0 radical (unpaired) electrons. The van der Waals surface area contributed by atoms with E-state index in [1.165, 1.54) is 0 Å². The van der Waals surface area contributed by atoms with E-state index in [9.17, 15) is 0 Å². The van der Waals surface area contributed by atoms with Crippen molar-refractivity contribution in [2.45, 2.75) is 45.4 Å². The predicted octanol–water partition coefficient (Wildman–Crippen LogP) is 3.75. The van der Waals surface area contributed by atoms with Crippen molar-refractivity contribution in [1.82, 2.24) is 14.8 Å². The maximum Gasteiger partial charge on any atom is 0.131 e. The first-order valence-corrected chi connectivity index (χ1v) is 7.42. The van der Waals surface area contributed by atoms with Crippen molar-refractivity contribution in [3.05, 3.63) is 30.1 Å². The van der Waals surface area contributed by atoms with Crippen LogP contribution in [-0.4, -0.2) is 14.8 Å². The summed E-state index contributed by atoms with van der Waals surface area (Å²) in [7, 11) is 1.90. The minimum Gasteiger partial charge on any atom is -0.383 e. The molecule has 0 spiro atoms. The predicted molar refractivity (Wildman–Crippen MR) is 83.4 cm³/mol. The average Bonchev–Trinajstić information content (AvgIpc) is 2.75. The second-order valence-electron chi connectivity index (χ2n) is 5.26. The van der Waals surface area contributed by atoms with E-state index in [-0.39, 0.29) is 0 Å². The van der Waals surface area contributed by atoms with Crippen LogP contribution in [0.25, 0.3) is 11.3 Å². The molecule has 0 aliphatic carbocycles. The number of anilines is 1. The zero-order chi connectivity index (χ0) is 14.5. The van der Waals surface area contributed by atoms with Crippen molar-refractivity contribution in [2.75, 3.05) is 5.73 Å². The van der Waals surface area contributed by atoms with E-state index in [1.807, 2.05) is 25.2 Å². The lowest BCUT2D eigenvalue weighted by Crippen LogP contribution is -2.02. The Morgan fingerprint density at radius 1 is 1.20 bits per heavy atom. The van der Waals surface area contributed by atoms with E-state index in [1.54, 1.807) is 10.9 Å². The monoisotopic (exact) mass is 272 g/mol. The summed E-state index contributed by atoms with van der Waals surface area (Å²) in [5.74, 6) is 1.17. The molecule has 2 aromatic heterocycles. The van der Waals surface area contributed by atoms with Crippen LogP contribution >= 0.6 is 0 Å². The van der Waals surface area contributed by atoms with E-state index in [0.29, 0.717) is 11.7 Å². The summed E-state index contributed by atoms with van der Waals surface area (Å²) in [4.78, 5) is 4.45. The zero-order valence-corrected chi connectivity index (χ0v) is 12.6. The second kappa shape index (κ2) is 6.55. The molecular weight excluding hydrogens is 248 g/mol. The minimum atomic E-state index is 0.463. The van der Waals surface area contributed by atoms with Gasteiger partial charge in [-0.05, 0) is 25.0 Å². The highest BCUT2D eigenvalue weighted by molar-refractivity contribution is 5.74. The maximum atomic E-state index is 6.23. The summed E-state index contributed by atoms with van der Waals surface area (Å²) in [5, 5.41) is 4.68. The Kier molecular flexibility index (Phi) is 4.77. The third kappa shape index (κ3) is 2.84. The summed E-state index contributed by atoms with van der Waals surface area (Å²) < 4.78 is 1.78. The van der Waals surface area contributed by atoms with Gasteiger partial charge in [0.25, 0.3) is 0 Å². The van der Waals surface area contributed by atoms with Crippen LogP contribution in [0.1, 0.15) is 51.1 Å². The second-order valence-corrected chi connectivity index (χ2v) is 5.26. The summed E-state index contributed by atoms with van der Waals surface area (Å²) in [6, 6.07) is 5.92. The van der Waals surface area contributed by atoms with Crippen LogP contribution in [0.4, 0.5) is 5.82 Å². The van der Waals surface area contributed by atoms with Gasteiger partial charge in [0.1, 0.15) is 5.82 Å². The van der Waals surface area contributed by atoms with Crippen molar-refractivity contribution in [2.24, 2.45) is 7.05 Å². The quantitative estimate of drug-likeness (QED) is 0.871. The summed E-state index contributed by atoms with van der Waals surface area (Å²) >= 11 is 0. The highest BCUT2D eigenvalue weighted by Gasteiger charge is 2.23. The van der Waals surface area contributed by atoms with Gasteiger partial charge in [0.2, 0.25) is 0 Å². The number of nitrogens with zero attached hydrogens (tertiary/aromatic N) is 3. The molecule has 4 nitrogen and oxygen atoms in total. The Morgan fingerprint density at radius 2 is 1.90 bits per heavy atom. The van der Waals surface area contributed by atoms with Crippen molar-refractivity contribution >= 4 is 5.82 Å². The van der Waals surface area contributed by atoms with E-state index in [0.717, 1.165) is 42.6 Å². The number of aromatic nitrogens is 3. The van der Waals surface area contributed by atoms with E-state index in [4.69, 9.17) is 5.73 Å². The normalized spacial score (nSPS) is 11.2. The topological polar surface area (TPSA) is 56.7 Å². The van der Waals surface area contributed by atoms with Crippen LogP contribution in [0, 0.1) is 0 Å². The lowest BCUT2D eigenvalue weighted by Gasteiger charge is -2.14. The molecule has 0 saturated heterocycles. The van der Waals surface area contributed by atoms with Gasteiger partial charge in [0.05, 0.1) is 17.0 Å². The molecule has 0 saturated carbocycles. The van der Waals surface area contributed by atoms with Crippen LogP contribution < -0.4 is 5.73 Å². The van der Waals surface area contributed by atoms with Gasteiger partial charge >= 0.3 is 0 Å². The summed E-state index contributed by atoms with van der Waals surface area (Å²) in [6.07, 6.45) is 6.40. The van der Waals surface area contributed by atoms with Crippen molar-refractivity contribution < 1.29 is 0 Å². The van der Waals surface area contributed by atoms with E-state index in [2.05, 4.69) is 23.9 Å². The van der Waals surface area contributed by atoms with Crippen molar-refractivity contribution in [3.8, 4) is 11.3 Å². The molecule has 0 bridgehead atoms. The molecule has 0 atom stereocenters. The Bertz CT molecular complexity index is 539. The van der Waals surface area contributed by atoms with Crippen molar-refractivity contribution in [3.63, 3.8) is 0 Å². The molecule has 20 heavy (non-hydrogen) atoms. The molecular formula is C16H24N4. The largest absolute Gasteiger partial charge is 0.383 e. The summed E-state index contributed by atoms with van der Waals surface area (Å²) in [5.41, 5.74) is 9.27. The highest BCUT2D eigenvalue weighted by atomic mass is 15.3. The van der Waals surface area contributed by atoms with Crippen LogP contribution in [0.15, 0.2) is 24.4 Å². The van der Waals surface area contributed by atoms with Crippen LogP contribution in [-0.2, 0) is 7.05 Å². The standard InChI is InChI=1S/C16H24N4/c1-4-8-12(9-5-2)15-14(16(17)20(3)19-15)13-10-6-7-11-18-13/h6-7,10-12H,4-5,8-9,17H2,1-3H3. The average molecular weight is 272 g/mol. The Hall–Kier alpha value is -1.84. The molecule has 0 amide bonds. The Morgan fingerprint density at radius 3 is 2.45 bits per heavy atom. The fourth-order valence-corrected chi connectivity index (χ4v) is 2.73. The third-order valence-electron chi connectivity index (χ3n) is 3.70. The summed E-state index contributed by atoms with van der Waals surface area (Å²) in [6.45, 7) is 4.44. The third-order valence-corrected chi connectivity index (χ3v) is 3.70. The first-order chi connectivity index (χ1) is 9.69. The van der Waals surface area contributed by atoms with Gasteiger partial charge in [-0.15, -0.1) is 0 Å². The molecule has 2 rings (SSSR count). The van der Waals surface area contributed by atoms with Crippen LogP contribution in [0.2, 0.25) is 0 Å². The molecule has 108 valence electrons. The fourth-order valence-electron chi connectivity index (χ4n) is 2.73. The fraction of sp³-hybridized carbons (Fsp3) is 0.500. The molecule has 0 aliphatic heterocycles. The molecule has 0 aromatic carbocycles. The molecule has 0 fully saturated rings. The Balaban J connectivity index is 2.50. The molecule has 2 N–H and O–H groups in total. The lowest BCUT2D eigenvalue weighted by atomic mass is 9.91. The SMILES string of the molecule is CCCC(CCC)c1nn(C)c(N)c1-c1ccccn1. The number of aryl methyl sites for hydroxylation is 1. The van der Waals surface area contributed by atoms with Gasteiger partial charge < -0.3 is 5.73 Å². The molecule has 4 heteroatoms. The van der Waals surface area contributed by atoms with Crippen LogP contribution in [0.5, 0.6) is 0 Å². The van der Waals surface area contributed by atoms with Gasteiger partial charge in [-0.3, -0.25) is 9.67 Å². The van der Waals surface area contributed by atoms with Gasteiger partial charge in [0.15, 0.2) is 0 Å². The molecule has 0 aliphatic rings. The van der Waals surface area contributed by atoms with E-state index >= 15 is 0 Å². The first-order valence-electron chi connectivity index (χ1n) is 7.42. The Labute approximate surface area is 121 Å². The molecule has 2 aromatic rings. The van der Waals surface area contributed by atoms with Gasteiger partial charge in [-0.1, -0.05) is 32.8 Å². The van der Waals surface area contributed by atoms with Crippen LogP contribution in [0.3, 0.4) is 0 Å². The number of hydrogen-bond donors (Lipinski definition) is 1.